The second-order valence-corrected chi connectivity index (χ2v) is 5.30. The molecule has 0 aromatic heterocycles. The Morgan fingerprint density at radius 1 is 1.08 bits per heavy atom. The molecule has 0 aliphatic rings. The smallest absolute Gasteiger partial charge is 0.258 e. The van der Waals surface area contributed by atoms with Crippen LogP contribution in [-0.4, -0.2) is 32.0 Å². The fourth-order valence-electron chi connectivity index (χ4n) is 2.04. The predicted molar refractivity (Wildman–Crippen MR) is 96.4 cm³/mol. The summed E-state index contributed by atoms with van der Waals surface area (Å²) in [5, 5.41) is 5.23. The molecule has 0 saturated carbocycles. The SMILES string of the molecule is CNC(=O)c1ccccc1C#CCNC(=O)COc1ccc(C)cc1. The first-order valence-corrected chi connectivity index (χ1v) is 7.86. The summed E-state index contributed by atoms with van der Waals surface area (Å²) in [6.45, 7) is 2.09. The molecular formula is C20H20N2O3. The van der Waals surface area contributed by atoms with Crippen LogP contribution in [0.25, 0.3) is 0 Å². The van der Waals surface area contributed by atoms with Gasteiger partial charge in [0.2, 0.25) is 0 Å². The van der Waals surface area contributed by atoms with E-state index in [1.807, 2.05) is 37.3 Å². The van der Waals surface area contributed by atoms with Crippen molar-refractivity contribution in [2.75, 3.05) is 20.2 Å². The van der Waals surface area contributed by atoms with Gasteiger partial charge in [-0.3, -0.25) is 9.59 Å². The lowest BCUT2D eigenvalue weighted by atomic mass is 10.1. The highest BCUT2D eigenvalue weighted by molar-refractivity contribution is 5.96. The molecule has 25 heavy (non-hydrogen) atoms. The van der Waals surface area contributed by atoms with E-state index in [2.05, 4.69) is 22.5 Å². The highest BCUT2D eigenvalue weighted by Crippen LogP contribution is 2.10. The molecule has 2 N–H and O–H groups in total. The van der Waals surface area contributed by atoms with E-state index in [4.69, 9.17) is 4.74 Å². The molecule has 5 heteroatoms. The molecule has 0 saturated heterocycles. The zero-order valence-electron chi connectivity index (χ0n) is 14.3. The molecule has 0 fully saturated rings. The summed E-state index contributed by atoms with van der Waals surface area (Å²) in [7, 11) is 1.57. The average molecular weight is 336 g/mol. The third-order valence-corrected chi connectivity index (χ3v) is 3.39. The summed E-state index contributed by atoms with van der Waals surface area (Å²) in [6, 6.07) is 14.5. The van der Waals surface area contributed by atoms with Gasteiger partial charge in [-0.1, -0.05) is 41.7 Å². The van der Waals surface area contributed by atoms with Gasteiger partial charge < -0.3 is 15.4 Å². The van der Waals surface area contributed by atoms with Crippen molar-refractivity contribution in [2.45, 2.75) is 6.92 Å². The Morgan fingerprint density at radius 2 is 1.80 bits per heavy atom. The Kier molecular flexibility index (Phi) is 6.61. The molecule has 2 amide bonds. The van der Waals surface area contributed by atoms with Gasteiger partial charge in [0.25, 0.3) is 11.8 Å². The van der Waals surface area contributed by atoms with Crippen LogP contribution in [-0.2, 0) is 4.79 Å². The first kappa shape index (κ1) is 18.1. The standard InChI is InChI=1S/C20H20N2O3/c1-15-9-11-17(12-10-15)25-14-19(23)22-13-5-7-16-6-3-4-8-18(16)20(24)21-2/h3-4,6,8-12H,13-14H2,1-2H3,(H,21,24)(H,22,23). The van der Waals surface area contributed by atoms with E-state index >= 15 is 0 Å². The Labute approximate surface area is 147 Å². The van der Waals surface area contributed by atoms with E-state index in [1.165, 1.54) is 0 Å². The van der Waals surface area contributed by atoms with Crippen LogP contribution < -0.4 is 15.4 Å². The normalized spacial score (nSPS) is 9.52. The summed E-state index contributed by atoms with van der Waals surface area (Å²) in [5.41, 5.74) is 2.25. The van der Waals surface area contributed by atoms with Crippen molar-refractivity contribution in [2.24, 2.45) is 0 Å². The zero-order chi connectivity index (χ0) is 18.1. The van der Waals surface area contributed by atoms with Crippen molar-refractivity contribution in [1.82, 2.24) is 10.6 Å². The molecular weight excluding hydrogens is 316 g/mol. The van der Waals surface area contributed by atoms with Gasteiger partial charge in [-0.05, 0) is 31.2 Å². The van der Waals surface area contributed by atoms with Crippen LogP contribution in [0.1, 0.15) is 21.5 Å². The maximum absolute atomic E-state index is 11.8. The molecule has 0 aliphatic heterocycles. The van der Waals surface area contributed by atoms with Crippen molar-refractivity contribution in [1.29, 1.82) is 0 Å². The van der Waals surface area contributed by atoms with Crippen LogP contribution in [0.5, 0.6) is 5.75 Å². The third-order valence-electron chi connectivity index (χ3n) is 3.39. The van der Waals surface area contributed by atoms with Gasteiger partial charge in [0.05, 0.1) is 12.1 Å². The van der Waals surface area contributed by atoms with Gasteiger partial charge in [0.15, 0.2) is 6.61 Å². The van der Waals surface area contributed by atoms with E-state index in [0.717, 1.165) is 5.56 Å². The van der Waals surface area contributed by atoms with E-state index in [-0.39, 0.29) is 25.0 Å². The van der Waals surface area contributed by atoms with E-state index in [1.54, 1.807) is 25.2 Å². The number of aryl methyl sites for hydroxylation is 1. The van der Waals surface area contributed by atoms with Crippen molar-refractivity contribution in [3.8, 4) is 17.6 Å². The van der Waals surface area contributed by atoms with Crippen LogP contribution in [0.15, 0.2) is 48.5 Å². The second-order valence-electron chi connectivity index (χ2n) is 5.30. The third kappa shape index (κ3) is 5.70. The number of nitrogens with one attached hydrogen (secondary N) is 2. The molecule has 5 nitrogen and oxygen atoms in total. The van der Waals surface area contributed by atoms with Gasteiger partial charge in [-0.2, -0.15) is 0 Å². The van der Waals surface area contributed by atoms with Crippen LogP contribution in [0.2, 0.25) is 0 Å². The van der Waals surface area contributed by atoms with E-state index in [0.29, 0.717) is 16.9 Å². The molecule has 0 spiro atoms. The van der Waals surface area contributed by atoms with Gasteiger partial charge in [-0.25, -0.2) is 0 Å². The molecule has 0 atom stereocenters. The van der Waals surface area contributed by atoms with Gasteiger partial charge in [-0.15, -0.1) is 0 Å². The molecule has 0 bridgehead atoms. The molecule has 0 aliphatic carbocycles. The van der Waals surface area contributed by atoms with Gasteiger partial charge >= 0.3 is 0 Å². The molecule has 0 radical (unpaired) electrons. The van der Waals surface area contributed by atoms with E-state index < -0.39 is 0 Å². The van der Waals surface area contributed by atoms with Gasteiger partial charge in [0.1, 0.15) is 5.75 Å². The number of hydrogen-bond donors (Lipinski definition) is 2. The van der Waals surface area contributed by atoms with E-state index in [9.17, 15) is 9.59 Å². The molecule has 128 valence electrons. The number of carbonyl (C=O) groups is 2. The Hall–Kier alpha value is -3.26. The Bertz CT molecular complexity index is 802. The summed E-state index contributed by atoms with van der Waals surface area (Å²) in [5.74, 6) is 5.93. The quantitative estimate of drug-likeness (QED) is 0.820. The lowest BCUT2D eigenvalue weighted by molar-refractivity contribution is -0.122. The largest absolute Gasteiger partial charge is 0.484 e. The topological polar surface area (TPSA) is 67.4 Å². The Morgan fingerprint density at radius 3 is 2.52 bits per heavy atom. The molecule has 2 rings (SSSR count). The first-order chi connectivity index (χ1) is 12.1. The summed E-state index contributed by atoms with van der Waals surface area (Å²) in [6.07, 6.45) is 0. The number of hydrogen-bond acceptors (Lipinski definition) is 3. The number of rotatable bonds is 5. The monoisotopic (exact) mass is 336 g/mol. The average Bonchev–Trinajstić information content (AvgIpc) is 2.64. The number of carbonyl (C=O) groups excluding carboxylic acids is 2. The summed E-state index contributed by atoms with van der Waals surface area (Å²) in [4.78, 5) is 23.5. The fraction of sp³-hybridized carbons (Fsp3) is 0.200. The fourth-order valence-corrected chi connectivity index (χ4v) is 2.04. The van der Waals surface area contributed by atoms with Crippen LogP contribution in [0, 0.1) is 18.8 Å². The summed E-state index contributed by atoms with van der Waals surface area (Å²) < 4.78 is 5.39. The molecule has 0 heterocycles. The zero-order valence-corrected chi connectivity index (χ0v) is 14.3. The minimum absolute atomic E-state index is 0.0699. The van der Waals surface area contributed by atoms with Crippen LogP contribution in [0.4, 0.5) is 0 Å². The lowest BCUT2D eigenvalue weighted by Gasteiger charge is -2.06. The lowest BCUT2D eigenvalue weighted by Crippen LogP contribution is -2.29. The minimum atomic E-state index is -0.255. The highest BCUT2D eigenvalue weighted by atomic mass is 16.5. The maximum Gasteiger partial charge on any atom is 0.258 e. The number of ether oxygens (including phenoxy) is 1. The first-order valence-electron chi connectivity index (χ1n) is 7.86. The van der Waals surface area contributed by atoms with Crippen LogP contribution in [0.3, 0.4) is 0 Å². The highest BCUT2D eigenvalue weighted by Gasteiger charge is 2.06. The van der Waals surface area contributed by atoms with Gasteiger partial charge in [0, 0.05) is 12.6 Å². The van der Waals surface area contributed by atoms with Crippen molar-refractivity contribution >= 4 is 11.8 Å². The van der Waals surface area contributed by atoms with Crippen molar-refractivity contribution in [3.05, 3.63) is 65.2 Å². The second kappa shape index (κ2) is 9.14. The summed E-state index contributed by atoms with van der Waals surface area (Å²) >= 11 is 0. The minimum Gasteiger partial charge on any atom is -0.484 e. The maximum atomic E-state index is 11.8. The Balaban J connectivity index is 1.83. The molecule has 0 unspecified atom stereocenters. The number of amides is 2. The molecule has 2 aromatic carbocycles. The van der Waals surface area contributed by atoms with Crippen molar-refractivity contribution in [3.63, 3.8) is 0 Å². The molecule has 2 aromatic rings. The van der Waals surface area contributed by atoms with Crippen LogP contribution >= 0.6 is 0 Å². The predicted octanol–water partition coefficient (Wildman–Crippen LogP) is 1.90. The van der Waals surface area contributed by atoms with Crippen molar-refractivity contribution < 1.29 is 14.3 Å². The number of benzene rings is 2.